The third-order valence-corrected chi connectivity index (χ3v) is 3.01. The topological polar surface area (TPSA) is 49.4 Å². The molecule has 0 bridgehead atoms. The summed E-state index contributed by atoms with van der Waals surface area (Å²) >= 11 is 0. The smallest absolute Gasteiger partial charge is 0.163 e. The predicted molar refractivity (Wildman–Crippen MR) is 69.5 cm³/mol. The van der Waals surface area contributed by atoms with E-state index in [4.69, 9.17) is 15.2 Å². The average molecular weight is 244 g/mol. The Balaban J connectivity index is 1.91. The van der Waals surface area contributed by atoms with Gasteiger partial charge in [-0.3, -0.25) is 0 Å². The van der Waals surface area contributed by atoms with E-state index in [1.807, 2.05) is 24.4 Å². The maximum Gasteiger partial charge on any atom is 0.163 e. The zero-order valence-corrected chi connectivity index (χ0v) is 10.1. The number of rotatable bonds is 3. The molecule has 94 valence electrons. The molecule has 0 spiro atoms. The van der Waals surface area contributed by atoms with Crippen LogP contribution in [0.4, 0.5) is 0 Å². The summed E-state index contributed by atoms with van der Waals surface area (Å²) in [6, 6.07) is 8.07. The molecule has 0 atom stereocenters. The van der Waals surface area contributed by atoms with Gasteiger partial charge in [-0.15, -0.1) is 0 Å². The van der Waals surface area contributed by atoms with Crippen molar-refractivity contribution in [3.63, 3.8) is 0 Å². The van der Waals surface area contributed by atoms with Gasteiger partial charge in [0.1, 0.15) is 13.2 Å². The molecule has 0 saturated heterocycles. The standard InChI is InChI=1S/C14H16N2O2/c15-5-3-11-4-6-16(10-11)12-1-2-13-14(9-12)18-8-7-17-13/h1-2,4,6,9-10H,3,5,7-8,15H2. The number of hydrogen-bond donors (Lipinski definition) is 1. The molecule has 1 aliphatic rings. The van der Waals surface area contributed by atoms with Crippen molar-refractivity contribution >= 4 is 0 Å². The van der Waals surface area contributed by atoms with E-state index in [0.717, 1.165) is 23.6 Å². The van der Waals surface area contributed by atoms with Crippen LogP contribution in [0.5, 0.6) is 11.5 Å². The second kappa shape index (κ2) is 4.74. The largest absolute Gasteiger partial charge is 0.486 e. The Morgan fingerprint density at radius 3 is 2.78 bits per heavy atom. The third kappa shape index (κ3) is 2.07. The van der Waals surface area contributed by atoms with Crippen molar-refractivity contribution < 1.29 is 9.47 Å². The summed E-state index contributed by atoms with van der Waals surface area (Å²) in [6.07, 6.45) is 5.03. The van der Waals surface area contributed by atoms with Crippen LogP contribution in [-0.4, -0.2) is 24.3 Å². The fourth-order valence-corrected chi connectivity index (χ4v) is 2.11. The van der Waals surface area contributed by atoms with E-state index in [9.17, 15) is 0 Å². The summed E-state index contributed by atoms with van der Waals surface area (Å²) in [7, 11) is 0. The van der Waals surface area contributed by atoms with Gasteiger partial charge in [-0.05, 0) is 36.7 Å². The lowest BCUT2D eigenvalue weighted by Gasteiger charge is -2.19. The highest BCUT2D eigenvalue weighted by molar-refractivity contribution is 5.49. The van der Waals surface area contributed by atoms with Crippen molar-refractivity contribution in [1.82, 2.24) is 4.57 Å². The summed E-state index contributed by atoms with van der Waals surface area (Å²) in [5.41, 5.74) is 7.87. The minimum atomic E-state index is 0.612. The first-order valence-corrected chi connectivity index (χ1v) is 6.14. The number of nitrogens with two attached hydrogens (primary N) is 1. The van der Waals surface area contributed by atoms with Crippen molar-refractivity contribution in [2.24, 2.45) is 5.73 Å². The SMILES string of the molecule is NCCc1ccn(-c2ccc3c(c2)OCCO3)c1. The van der Waals surface area contributed by atoms with Crippen LogP contribution in [0.25, 0.3) is 5.69 Å². The molecule has 18 heavy (non-hydrogen) atoms. The highest BCUT2D eigenvalue weighted by Gasteiger charge is 2.12. The van der Waals surface area contributed by atoms with Gasteiger partial charge < -0.3 is 19.8 Å². The highest BCUT2D eigenvalue weighted by atomic mass is 16.6. The van der Waals surface area contributed by atoms with Crippen LogP contribution in [0.15, 0.2) is 36.7 Å². The average Bonchev–Trinajstić information content (AvgIpc) is 2.87. The second-order valence-corrected chi connectivity index (χ2v) is 4.29. The predicted octanol–water partition coefficient (Wildman–Crippen LogP) is 1.75. The minimum Gasteiger partial charge on any atom is -0.486 e. The molecule has 4 nitrogen and oxygen atoms in total. The van der Waals surface area contributed by atoms with E-state index in [1.165, 1.54) is 5.56 Å². The van der Waals surface area contributed by atoms with Crippen molar-refractivity contribution in [3.8, 4) is 17.2 Å². The lowest BCUT2D eigenvalue weighted by atomic mass is 10.2. The van der Waals surface area contributed by atoms with Crippen LogP contribution in [0, 0.1) is 0 Å². The molecule has 0 amide bonds. The normalized spacial score (nSPS) is 13.6. The van der Waals surface area contributed by atoms with Crippen LogP contribution in [-0.2, 0) is 6.42 Å². The van der Waals surface area contributed by atoms with Crippen LogP contribution < -0.4 is 15.2 Å². The summed E-state index contributed by atoms with van der Waals surface area (Å²) in [5, 5.41) is 0. The van der Waals surface area contributed by atoms with Crippen LogP contribution >= 0.6 is 0 Å². The second-order valence-electron chi connectivity index (χ2n) is 4.29. The molecule has 2 N–H and O–H groups in total. The summed E-state index contributed by atoms with van der Waals surface area (Å²) in [4.78, 5) is 0. The Morgan fingerprint density at radius 1 is 1.11 bits per heavy atom. The Labute approximate surface area is 106 Å². The van der Waals surface area contributed by atoms with E-state index in [-0.39, 0.29) is 0 Å². The molecule has 1 aromatic heterocycles. The fraction of sp³-hybridized carbons (Fsp3) is 0.286. The Bertz CT molecular complexity index is 548. The van der Waals surface area contributed by atoms with E-state index in [0.29, 0.717) is 19.8 Å². The fourth-order valence-electron chi connectivity index (χ4n) is 2.11. The van der Waals surface area contributed by atoms with Crippen molar-refractivity contribution in [2.75, 3.05) is 19.8 Å². The number of hydrogen-bond acceptors (Lipinski definition) is 3. The van der Waals surface area contributed by atoms with Gasteiger partial charge in [0.25, 0.3) is 0 Å². The Hall–Kier alpha value is -1.94. The maximum atomic E-state index is 5.58. The molecule has 2 heterocycles. The monoisotopic (exact) mass is 244 g/mol. The molecule has 3 rings (SSSR count). The number of nitrogens with zero attached hydrogens (tertiary/aromatic N) is 1. The Morgan fingerprint density at radius 2 is 1.94 bits per heavy atom. The minimum absolute atomic E-state index is 0.612. The van der Waals surface area contributed by atoms with E-state index >= 15 is 0 Å². The van der Waals surface area contributed by atoms with Crippen LogP contribution in [0.1, 0.15) is 5.56 Å². The van der Waals surface area contributed by atoms with E-state index < -0.39 is 0 Å². The molecule has 1 aromatic carbocycles. The first kappa shape index (κ1) is 11.2. The molecule has 1 aliphatic heterocycles. The summed E-state index contributed by atoms with van der Waals surface area (Å²) in [6.45, 7) is 1.90. The molecule has 0 aliphatic carbocycles. The molecular formula is C14H16N2O2. The molecule has 0 saturated carbocycles. The van der Waals surface area contributed by atoms with Gasteiger partial charge in [-0.25, -0.2) is 0 Å². The lowest BCUT2D eigenvalue weighted by Crippen LogP contribution is -2.15. The molecule has 0 unspecified atom stereocenters. The first-order chi connectivity index (χ1) is 8.86. The highest BCUT2D eigenvalue weighted by Crippen LogP contribution is 2.32. The zero-order valence-electron chi connectivity index (χ0n) is 10.1. The van der Waals surface area contributed by atoms with Gasteiger partial charge in [0, 0.05) is 24.1 Å². The quantitative estimate of drug-likeness (QED) is 0.894. The summed E-state index contributed by atoms with van der Waals surface area (Å²) < 4.78 is 13.2. The van der Waals surface area contributed by atoms with Gasteiger partial charge in [-0.2, -0.15) is 0 Å². The maximum absolute atomic E-state index is 5.58. The van der Waals surface area contributed by atoms with Gasteiger partial charge >= 0.3 is 0 Å². The number of benzene rings is 1. The van der Waals surface area contributed by atoms with Crippen LogP contribution in [0.2, 0.25) is 0 Å². The van der Waals surface area contributed by atoms with E-state index in [2.05, 4.69) is 16.8 Å². The van der Waals surface area contributed by atoms with Crippen LogP contribution in [0.3, 0.4) is 0 Å². The van der Waals surface area contributed by atoms with E-state index in [1.54, 1.807) is 0 Å². The van der Waals surface area contributed by atoms with Gasteiger partial charge in [0.15, 0.2) is 11.5 Å². The van der Waals surface area contributed by atoms with Gasteiger partial charge in [0.05, 0.1) is 0 Å². The van der Waals surface area contributed by atoms with Gasteiger partial charge in [0.2, 0.25) is 0 Å². The van der Waals surface area contributed by atoms with Crippen molar-refractivity contribution in [3.05, 3.63) is 42.2 Å². The van der Waals surface area contributed by atoms with Crippen molar-refractivity contribution in [2.45, 2.75) is 6.42 Å². The third-order valence-electron chi connectivity index (χ3n) is 3.01. The molecular weight excluding hydrogens is 228 g/mol. The first-order valence-electron chi connectivity index (χ1n) is 6.14. The Kier molecular flexibility index (Phi) is 2.94. The molecule has 0 fully saturated rings. The molecule has 4 heteroatoms. The molecule has 0 radical (unpaired) electrons. The van der Waals surface area contributed by atoms with Gasteiger partial charge in [-0.1, -0.05) is 0 Å². The summed E-state index contributed by atoms with van der Waals surface area (Å²) in [5.74, 6) is 1.63. The molecule has 2 aromatic rings. The number of fused-ring (bicyclic) bond motifs is 1. The van der Waals surface area contributed by atoms with Crippen molar-refractivity contribution in [1.29, 1.82) is 0 Å². The number of aromatic nitrogens is 1. The zero-order chi connectivity index (χ0) is 12.4. The number of ether oxygens (including phenoxy) is 2. The lowest BCUT2D eigenvalue weighted by molar-refractivity contribution is 0.171.